The second kappa shape index (κ2) is 7.71. The number of hydrogen-bond donors (Lipinski definition) is 1. The lowest BCUT2D eigenvalue weighted by Crippen LogP contribution is -2.36. The second-order valence-electron chi connectivity index (χ2n) is 4.98. The largest absolute Gasteiger partial charge is 0.480 e. The molecule has 1 rings (SSSR count). The topological polar surface area (TPSA) is 57.6 Å². The predicted octanol–water partition coefficient (Wildman–Crippen LogP) is 2.78. The number of hydrogen-bond acceptors (Lipinski definition) is 2. The van der Waals surface area contributed by atoms with Gasteiger partial charge in [0, 0.05) is 19.0 Å². The number of rotatable bonds is 7. The van der Waals surface area contributed by atoms with E-state index in [1.54, 1.807) is 6.92 Å². The summed E-state index contributed by atoms with van der Waals surface area (Å²) in [6.07, 6.45) is 0.619. The smallest absolute Gasteiger partial charge is 0.323 e. The van der Waals surface area contributed by atoms with Crippen molar-refractivity contribution in [1.82, 2.24) is 4.90 Å². The average molecular weight is 299 g/mol. The molecule has 0 fully saturated rings. The predicted molar refractivity (Wildman–Crippen MR) is 73.9 cm³/mol. The zero-order chi connectivity index (χ0) is 16.0. The Balaban J connectivity index is 2.77. The number of carboxylic acid groups (broad SMARTS) is 1. The van der Waals surface area contributed by atoms with Crippen LogP contribution >= 0.6 is 0 Å². The summed E-state index contributed by atoms with van der Waals surface area (Å²) < 4.78 is 26.5. The van der Waals surface area contributed by atoms with E-state index in [2.05, 4.69) is 0 Å². The molecule has 1 atom stereocenters. The van der Waals surface area contributed by atoms with Gasteiger partial charge in [0.05, 0.1) is 0 Å². The summed E-state index contributed by atoms with van der Waals surface area (Å²) in [4.78, 5) is 24.1. The molecule has 0 radical (unpaired) electrons. The van der Waals surface area contributed by atoms with Crippen LogP contribution in [0.25, 0.3) is 0 Å². The summed E-state index contributed by atoms with van der Waals surface area (Å²) in [6, 6.07) is 3.22. The van der Waals surface area contributed by atoms with Gasteiger partial charge in [-0.3, -0.25) is 9.59 Å². The van der Waals surface area contributed by atoms with Crippen LogP contribution in [0.3, 0.4) is 0 Å². The number of amides is 1. The Morgan fingerprint density at radius 2 is 2.00 bits per heavy atom. The van der Waals surface area contributed by atoms with Crippen molar-refractivity contribution in [3.05, 3.63) is 35.4 Å². The van der Waals surface area contributed by atoms with E-state index in [4.69, 9.17) is 5.11 Å². The van der Waals surface area contributed by atoms with E-state index in [1.165, 1.54) is 11.0 Å². The summed E-state index contributed by atoms with van der Waals surface area (Å²) in [7, 11) is 0. The number of carbonyl (C=O) groups is 2. The molecule has 1 aromatic carbocycles. The number of carboxylic acids is 1. The lowest BCUT2D eigenvalue weighted by Gasteiger charge is -2.22. The number of carbonyl (C=O) groups excluding carboxylic acids is 1. The fourth-order valence-corrected chi connectivity index (χ4v) is 2.13. The Bertz CT molecular complexity index is 520. The van der Waals surface area contributed by atoms with Crippen LogP contribution in [-0.2, 0) is 9.59 Å². The van der Waals surface area contributed by atoms with Crippen LogP contribution in [0, 0.1) is 11.6 Å². The monoisotopic (exact) mass is 299 g/mol. The molecule has 0 bridgehead atoms. The molecule has 0 aliphatic heterocycles. The van der Waals surface area contributed by atoms with Crippen LogP contribution in [0.5, 0.6) is 0 Å². The molecular formula is C15H19F2NO3. The van der Waals surface area contributed by atoms with Gasteiger partial charge >= 0.3 is 5.97 Å². The molecule has 6 heteroatoms. The fraction of sp³-hybridized carbons (Fsp3) is 0.467. The van der Waals surface area contributed by atoms with E-state index < -0.39 is 23.5 Å². The highest BCUT2D eigenvalue weighted by atomic mass is 19.1. The van der Waals surface area contributed by atoms with Gasteiger partial charge < -0.3 is 10.0 Å². The number of aliphatic carboxylic acids is 1. The minimum atomic E-state index is -1.09. The molecule has 0 aromatic heterocycles. The van der Waals surface area contributed by atoms with E-state index in [1.807, 2.05) is 6.92 Å². The summed E-state index contributed by atoms with van der Waals surface area (Å²) in [5, 5.41) is 8.79. The van der Waals surface area contributed by atoms with Crippen LogP contribution in [0.4, 0.5) is 8.78 Å². The van der Waals surface area contributed by atoms with Crippen molar-refractivity contribution in [3.63, 3.8) is 0 Å². The third-order valence-corrected chi connectivity index (χ3v) is 3.15. The minimum Gasteiger partial charge on any atom is -0.480 e. The average Bonchev–Trinajstić information content (AvgIpc) is 2.37. The molecule has 4 nitrogen and oxygen atoms in total. The first-order chi connectivity index (χ1) is 9.85. The minimum absolute atomic E-state index is 0.0180. The van der Waals surface area contributed by atoms with Gasteiger partial charge in [-0.05, 0) is 24.0 Å². The van der Waals surface area contributed by atoms with E-state index in [9.17, 15) is 18.4 Å². The van der Waals surface area contributed by atoms with Crippen LogP contribution in [0.2, 0.25) is 0 Å². The summed E-state index contributed by atoms with van der Waals surface area (Å²) in [5.41, 5.74) is 0.247. The Morgan fingerprint density at radius 1 is 1.33 bits per heavy atom. The van der Waals surface area contributed by atoms with E-state index >= 15 is 0 Å². The van der Waals surface area contributed by atoms with Gasteiger partial charge in [0.15, 0.2) is 0 Å². The molecular weight excluding hydrogens is 280 g/mol. The Kier molecular flexibility index (Phi) is 6.27. The maximum Gasteiger partial charge on any atom is 0.323 e. The summed E-state index contributed by atoms with van der Waals surface area (Å²) >= 11 is 0. The van der Waals surface area contributed by atoms with Gasteiger partial charge in [-0.25, -0.2) is 8.78 Å². The molecule has 0 heterocycles. The molecule has 1 unspecified atom stereocenters. The van der Waals surface area contributed by atoms with Gasteiger partial charge in [0.25, 0.3) is 0 Å². The first-order valence-electron chi connectivity index (χ1n) is 6.79. The first kappa shape index (κ1) is 17.1. The number of nitrogens with zero attached hydrogens (tertiary/aromatic N) is 1. The van der Waals surface area contributed by atoms with Gasteiger partial charge in [-0.1, -0.05) is 19.9 Å². The van der Waals surface area contributed by atoms with E-state index in [-0.39, 0.29) is 24.4 Å². The molecule has 0 aliphatic carbocycles. The van der Waals surface area contributed by atoms with Crippen molar-refractivity contribution in [2.75, 3.05) is 13.1 Å². The highest BCUT2D eigenvalue weighted by molar-refractivity contribution is 5.81. The molecule has 116 valence electrons. The van der Waals surface area contributed by atoms with Gasteiger partial charge in [-0.15, -0.1) is 0 Å². The summed E-state index contributed by atoms with van der Waals surface area (Å²) in [6.45, 7) is 3.46. The molecule has 21 heavy (non-hydrogen) atoms. The van der Waals surface area contributed by atoms with Crippen LogP contribution in [0.1, 0.15) is 38.2 Å². The van der Waals surface area contributed by atoms with Crippen molar-refractivity contribution in [2.24, 2.45) is 0 Å². The van der Waals surface area contributed by atoms with Crippen molar-refractivity contribution >= 4 is 11.9 Å². The second-order valence-corrected chi connectivity index (χ2v) is 4.98. The number of halogens is 2. The first-order valence-corrected chi connectivity index (χ1v) is 6.79. The Morgan fingerprint density at radius 3 is 2.52 bits per heavy atom. The maximum atomic E-state index is 13.7. The Labute approximate surface area is 122 Å². The van der Waals surface area contributed by atoms with E-state index in [0.29, 0.717) is 13.0 Å². The van der Waals surface area contributed by atoms with Gasteiger partial charge in [-0.2, -0.15) is 0 Å². The zero-order valence-electron chi connectivity index (χ0n) is 12.1. The molecule has 1 N–H and O–H groups in total. The number of benzene rings is 1. The molecule has 0 saturated heterocycles. The highest BCUT2D eigenvalue weighted by Crippen LogP contribution is 2.23. The maximum absolute atomic E-state index is 13.7. The van der Waals surface area contributed by atoms with Crippen LogP contribution in [0.15, 0.2) is 18.2 Å². The van der Waals surface area contributed by atoms with Gasteiger partial charge in [0.1, 0.15) is 18.2 Å². The lowest BCUT2D eigenvalue weighted by atomic mass is 9.96. The lowest BCUT2D eigenvalue weighted by molar-refractivity contribution is -0.144. The molecule has 1 aromatic rings. The molecule has 1 amide bonds. The van der Waals surface area contributed by atoms with Crippen molar-refractivity contribution in [2.45, 2.75) is 32.6 Å². The highest BCUT2D eigenvalue weighted by Gasteiger charge is 2.21. The fourth-order valence-electron chi connectivity index (χ4n) is 2.13. The molecule has 0 aliphatic rings. The third kappa shape index (κ3) is 5.13. The van der Waals surface area contributed by atoms with Gasteiger partial charge in [0.2, 0.25) is 5.91 Å². The van der Waals surface area contributed by atoms with Crippen molar-refractivity contribution in [3.8, 4) is 0 Å². The molecule has 0 spiro atoms. The molecule has 0 saturated carbocycles. The van der Waals surface area contributed by atoms with Crippen LogP contribution in [-0.4, -0.2) is 35.0 Å². The quantitative estimate of drug-likeness (QED) is 0.842. The van der Waals surface area contributed by atoms with Crippen molar-refractivity contribution in [1.29, 1.82) is 0 Å². The summed E-state index contributed by atoms with van der Waals surface area (Å²) in [5.74, 6) is -3.26. The van der Waals surface area contributed by atoms with Crippen molar-refractivity contribution < 1.29 is 23.5 Å². The van der Waals surface area contributed by atoms with Crippen LogP contribution < -0.4 is 0 Å². The zero-order valence-corrected chi connectivity index (χ0v) is 12.1. The third-order valence-electron chi connectivity index (χ3n) is 3.15. The SMILES string of the molecule is CCCN(CC(=O)O)C(=O)CC(C)c1ccc(F)cc1F. The normalized spacial score (nSPS) is 12.0. The standard InChI is InChI=1S/C15H19F2NO3/c1-3-6-18(9-15(20)21)14(19)7-10(2)12-5-4-11(16)8-13(12)17/h4-5,8,10H,3,6-7,9H2,1-2H3,(H,20,21). The van der Waals surface area contributed by atoms with E-state index in [0.717, 1.165) is 12.1 Å². The Hall–Kier alpha value is -1.98.